The molecule has 1 heteroatoms. The second-order valence-electron chi connectivity index (χ2n) is 1.51. The molecule has 0 aliphatic heterocycles. The van der Waals surface area contributed by atoms with Crippen molar-refractivity contribution in [3.05, 3.63) is 35.9 Å². The van der Waals surface area contributed by atoms with Crippen molar-refractivity contribution >= 4 is 0 Å². The van der Waals surface area contributed by atoms with Crippen LogP contribution < -0.4 is 0 Å². The predicted octanol–water partition coefficient (Wildman–Crippen LogP) is 1.67. The van der Waals surface area contributed by atoms with Gasteiger partial charge in [0.25, 0.3) is 0 Å². The number of benzene rings is 1. The second-order valence-corrected chi connectivity index (χ2v) is 1.51. The Labute approximate surface area is 70.8 Å². The van der Waals surface area contributed by atoms with Crippen molar-refractivity contribution in [2.45, 2.75) is 0 Å². The molecule has 0 aliphatic carbocycles. The average Bonchev–Trinajstić information content (AvgIpc) is 1.90. The van der Waals surface area contributed by atoms with Gasteiger partial charge >= 0.3 is 22.4 Å². The Kier molecular flexibility index (Phi) is 4.17. The molecule has 1 rings (SSSR count). The third-order valence-electron chi connectivity index (χ3n) is 0.940. The summed E-state index contributed by atoms with van der Waals surface area (Å²) in [6.07, 6.45) is 5.10. The standard InChI is InChI=1S/C8H6.Ag/c1-2-8-6-4-3-5-7-8;/h1,3-7H;/q;+1. The van der Waals surface area contributed by atoms with E-state index in [1.54, 1.807) is 0 Å². The van der Waals surface area contributed by atoms with Gasteiger partial charge in [0.1, 0.15) is 0 Å². The molecule has 0 bridgehead atoms. The van der Waals surface area contributed by atoms with Crippen molar-refractivity contribution in [1.29, 1.82) is 0 Å². The van der Waals surface area contributed by atoms with E-state index in [1.807, 2.05) is 30.3 Å². The Hall–Kier alpha value is -0.480. The van der Waals surface area contributed by atoms with Gasteiger partial charge < -0.3 is 0 Å². The van der Waals surface area contributed by atoms with Gasteiger partial charge in [-0.1, -0.05) is 24.1 Å². The van der Waals surface area contributed by atoms with Crippen LogP contribution in [-0.4, -0.2) is 0 Å². The van der Waals surface area contributed by atoms with Crippen LogP contribution in [0.3, 0.4) is 0 Å². The summed E-state index contributed by atoms with van der Waals surface area (Å²) in [6, 6.07) is 9.60. The predicted molar refractivity (Wildman–Crippen MR) is 34.4 cm³/mol. The molecule has 1 aromatic rings. The van der Waals surface area contributed by atoms with Gasteiger partial charge in [-0.2, -0.15) is 0 Å². The fraction of sp³-hybridized carbons (Fsp3) is 0. The number of rotatable bonds is 0. The summed E-state index contributed by atoms with van der Waals surface area (Å²) >= 11 is 0. The van der Waals surface area contributed by atoms with Gasteiger partial charge in [-0.15, -0.1) is 6.42 Å². The molecule has 0 atom stereocenters. The molecule has 0 aliphatic rings. The van der Waals surface area contributed by atoms with E-state index in [1.165, 1.54) is 0 Å². The molecule has 0 aromatic heterocycles. The zero-order valence-electron chi connectivity index (χ0n) is 4.77. The number of terminal acetylenes is 1. The molecule has 1 aromatic carbocycles. The van der Waals surface area contributed by atoms with Gasteiger partial charge in [-0.25, -0.2) is 0 Å². The van der Waals surface area contributed by atoms with Crippen LogP contribution >= 0.6 is 0 Å². The first kappa shape index (κ1) is 8.52. The van der Waals surface area contributed by atoms with Gasteiger partial charge in [-0.05, 0) is 12.1 Å². The second kappa shape index (κ2) is 4.40. The quantitative estimate of drug-likeness (QED) is 0.451. The molecular formula is C8H6Ag+. The minimum Gasteiger partial charge on any atom is -0.115 e. The third kappa shape index (κ3) is 2.53. The van der Waals surface area contributed by atoms with Crippen molar-refractivity contribution in [3.63, 3.8) is 0 Å². The summed E-state index contributed by atoms with van der Waals surface area (Å²) in [7, 11) is 0. The molecule has 0 nitrogen and oxygen atoms in total. The van der Waals surface area contributed by atoms with Gasteiger partial charge in [0.05, 0.1) is 0 Å². The van der Waals surface area contributed by atoms with E-state index in [9.17, 15) is 0 Å². The Morgan fingerprint density at radius 2 is 1.67 bits per heavy atom. The molecule has 0 fully saturated rings. The maximum Gasteiger partial charge on any atom is 1.00 e. The van der Waals surface area contributed by atoms with Crippen molar-refractivity contribution < 1.29 is 22.4 Å². The average molecular weight is 210 g/mol. The van der Waals surface area contributed by atoms with E-state index in [2.05, 4.69) is 5.92 Å². The van der Waals surface area contributed by atoms with Gasteiger partial charge in [0, 0.05) is 5.56 Å². The summed E-state index contributed by atoms with van der Waals surface area (Å²) < 4.78 is 0. The Morgan fingerprint density at radius 3 is 2.00 bits per heavy atom. The van der Waals surface area contributed by atoms with E-state index in [4.69, 9.17) is 6.42 Å². The Morgan fingerprint density at radius 1 is 1.11 bits per heavy atom. The molecule has 0 N–H and O–H groups in total. The summed E-state index contributed by atoms with van der Waals surface area (Å²) in [5.41, 5.74) is 0.938. The van der Waals surface area contributed by atoms with E-state index < -0.39 is 0 Å². The van der Waals surface area contributed by atoms with Crippen molar-refractivity contribution in [2.75, 3.05) is 0 Å². The molecule has 0 saturated heterocycles. The fourth-order valence-electron chi connectivity index (χ4n) is 0.534. The molecular weight excluding hydrogens is 204 g/mol. The SMILES string of the molecule is C#Cc1ccccc1.[Ag+]. The van der Waals surface area contributed by atoms with Gasteiger partial charge in [-0.3, -0.25) is 0 Å². The molecule has 0 amide bonds. The molecule has 48 valence electrons. The van der Waals surface area contributed by atoms with Crippen LogP contribution in [-0.2, 0) is 22.4 Å². The van der Waals surface area contributed by atoms with Crippen molar-refractivity contribution in [1.82, 2.24) is 0 Å². The topological polar surface area (TPSA) is 0 Å². The van der Waals surface area contributed by atoms with Crippen LogP contribution in [0.1, 0.15) is 5.56 Å². The zero-order chi connectivity index (χ0) is 5.82. The minimum atomic E-state index is 0. The summed E-state index contributed by atoms with van der Waals surface area (Å²) in [4.78, 5) is 0. The number of hydrogen-bond acceptors (Lipinski definition) is 0. The molecule has 0 unspecified atom stereocenters. The maximum atomic E-state index is 5.10. The summed E-state index contributed by atoms with van der Waals surface area (Å²) in [5.74, 6) is 2.53. The Balaban J connectivity index is 0.000000640. The Bertz CT molecular complexity index is 196. The first-order chi connectivity index (χ1) is 3.93. The van der Waals surface area contributed by atoms with E-state index in [-0.39, 0.29) is 22.4 Å². The van der Waals surface area contributed by atoms with Crippen LogP contribution in [0.4, 0.5) is 0 Å². The van der Waals surface area contributed by atoms with E-state index in [0.29, 0.717) is 0 Å². The summed E-state index contributed by atoms with van der Waals surface area (Å²) in [6.45, 7) is 0. The van der Waals surface area contributed by atoms with Crippen molar-refractivity contribution in [2.24, 2.45) is 0 Å². The summed E-state index contributed by atoms with van der Waals surface area (Å²) in [5, 5.41) is 0. The van der Waals surface area contributed by atoms with Crippen LogP contribution in [0.5, 0.6) is 0 Å². The third-order valence-corrected chi connectivity index (χ3v) is 0.940. The molecule has 0 saturated carbocycles. The molecule has 0 radical (unpaired) electrons. The van der Waals surface area contributed by atoms with Crippen LogP contribution in [0.2, 0.25) is 0 Å². The normalized spacial score (nSPS) is 7.00. The first-order valence-corrected chi connectivity index (χ1v) is 2.45. The molecule has 0 heterocycles. The van der Waals surface area contributed by atoms with Crippen LogP contribution in [0.15, 0.2) is 30.3 Å². The van der Waals surface area contributed by atoms with E-state index in [0.717, 1.165) is 5.56 Å². The molecule has 9 heavy (non-hydrogen) atoms. The largest absolute Gasteiger partial charge is 1.00 e. The minimum absolute atomic E-state index is 0. The van der Waals surface area contributed by atoms with Crippen LogP contribution in [0.25, 0.3) is 0 Å². The zero-order valence-corrected chi connectivity index (χ0v) is 6.25. The van der Waals surface area contributed by atoms with Gasteiger partial charge in [0.2, 0.25) is 0 Å². The smallest absolute Gasteiger partial charge is 0.115 e. The van der Waals surface area contributed by atoms with Gasteiger partial charge in [0.15, 0.2) is 0 Å². The van der Waals surface area contributed by atoms with Crippen molar-refractivity contribution in [3.8, 4) is 12.3 Å². The molecule has 0 spiro atoms. The maximum absolute atomic E-state index is 5.10. The number of hydrogen-bond donors (Lipinski definition) is 0. The first-order valence-electron chi connectivity index (χ1n) is 2.45. The fourth-order valence-corrected chi connectivity index (χ4v) is 0.534. The van der Waals surface area contributed by atoms with E-state index >= 15 is 0 Å². The monoisotopic (exact) mass is 209 g/mol. The van der Waals surface area contributed by atoms with Crippen LogP contribution in [0, 0.1) is 12.3 Å².